The van der Waals surface area contributed by atoms with Crippen molar-refractivity contribution in [1.29, 1.82) is 5.41 Å². The molecule has 0 aromatic carbocycles. The lowest BCUT2D eigenvalue weighted by Gasteiger charge is -2.09. The van der Waals surface area contributed by atoms with E-state index in [1.807, 2.05) is 43.4 Å². The minimum atomic E-state index is 0.571. The third kappa shape index (κ3) is 2.08. The highest BCUT2D eigenvalue weighted by Crippen LogP contribution is 2.06. The molecule has 0 unspecified atom stereocenters. The quantitative estimate of drug-likeness (QED) is 0.600. The predicted molar refractivity (Wildman–Crippen MR) is 47.8 cm³/mol. The second kappa shape index (κ2) is 3.19. The molecule has 1 aliphatic rings. The van der Waals surface area contributed by atoms with Crippen molar-refractivity contribution >= 4 is 5.71 Å². The fourth-order valence-electron chi connectivity index (χ4n) is 0.888. The molecule has 0 radical (unpaired) electrons. The second-order valence-electron chi connectivity index (χ2n) is 2.68. The zero-order valence-corrected chi connectivity index (χ0v) is 6.83. The van der Waals surface area contributed by atoms with Crippen LogP contribution in [0.25, 0.3) is 0 Å². The second-order valence-corrected chi connectivity index (χ2v) is 2.68. The Morgan fingerprint density at radius 1 is 1.27 bits per heavy atom. The molecule has 0 aliphatic heterocycles. The Bertz CT molecular complexity index is 244. The molecule has 0 atom stereocenters. The van der Waals surface area contributed by atoms with Crippen molar-refractivity contribution < 1.29 is 0 Å². The molecular formula is C9H12N2. The fourth-order valence-corrected chi connectivity index (χ4v) is 0.888. The van der Waals surface area contributed by atoms with Gasteiger partial charge in [0.05, 0.1) is 5.71 Å². The Balaban J connectivity index is 2.81. The third-order valence-corrected chi connectivity index (χ3v) is 1.36. The zero-order valence-electron chi connectivity index (χ0n) is 6.83. The summed E-state index contributed by atoms with van der Waals surface area (Å²) in [5, 5.41) is 7.51. The van der Waals surface area contributed by atoms with Crippen LogP contribution in [0.3, 0.4) is 0 Å². The molecule has 0 amide bonds. The minimum absolute atomic E-state index is 0.571. The van der Waals surface area contributed by atoms with E-state index in [9.17, 15) is 0 Å². The van der Waals surface area contributed by atoms with Gasteiger partial charge < -0.3 is 10.3 Å². The molecule has 2 heteroatoms. The summed E-state index contributed by atoms with van der Waals surface area (Å²) in [6, 6.07) is 0. The SMILES string of the molecule is CN(C)/C=C1\C=CC=CC1=N. The normalized spacial score (nSPS) is 19.5. The molecule has 0 saturated carbocycles. The van der Waals surface area contributed by atoms with E-state index in [1.54, 1.807) is 6.08 Å². The number of nitrogens with one attached hydrogen (secondary N) is 1. The van der Waals surface area contributed by atoms with Crippen LogP contribution in [0.4, 0.5) is 0 Å². The molecule has 1 N–H and O–H groups in total. The van der Waals surface area contributed by atoms with Crippen LogP contribution in [0.15, 0.2) is 36.1 Å². The van der Waals surface area contributed by atoms with Gasteiger partial charge in [0.1, 0.15) is 0 Å². The molecule has 0 heterocycles. The largest absolute Gasteiger partial charge is 0.383 e. The number of hydrogen-bond donors (Lipinski definition) is 1. The highest BCUT2D eigenvalue weighted by molar-refractivity contribution is 6.09. The summed E-state index contributed by atoms with van der Waals surface area (Å²) in [4.78, 5) is 1.94. The van der Waals surface area contributed by atoms with Crippen LogP contribution >= 0.6 is 0 Å². The maximum absolute atomic E-state index is 7.51. The minimum Gasteiger partial charge on any atom is -0.383 e. The van der Waals surface area contributed by atoms with Gasteiger partial charge in [-0.3, -0.25) is 0 Å². The Morgan fingerprint density at radius 3 is 2.45 bits per heavy atom. The molecule has 1 rings (SSSR count). The van der Waals surface area contributed by atoms with E-state index < -0.39 is 0 Å². The molecular weight excluding hydrogens is 136 g/mol. The third-order valence-electron chi connectivity index (χ3n) is 1.36. The van der Waals surface area contributed by atoms with E-state index >= 15 is 0 Å². The van der Waals surface area contributed by atoms with Gasteiger partial charge in [-0.05, 0) is 6.08 Å². The number of allylic oxidation sites excluding steroid dienone is 5. The summed E-state index contributed by atoms with van der Waals surface area (Å²) in [5.41, 5.74) is 1.53. The Hall–Kier alpha value is -1.31. The van der Waals surface area contributed by atoms with Crippen molar-refractivity contribution in [1.82, 2.24) is 4.90 Å². The van der Waals surface area contributed by atoms with Gasteiger partial charge in [0.15, 0.2) is 0 Å². The first-order valence-corrected chi connectivity index (χ1v) is 3.52. The van der Waals surface area contributed by atoms with Crippen LogP contribution in [0.5, 0.6) is 0 Å². The summed E-state index contributed by atoms with van der Waals surface area (Å²) in [6.45, 7) is 0. The summed E-state index contributed by atoms with van der Waals surface area (Å²) >= 11 is 0. The zero-order chi connectivity index (χ0) is 8.27. The number of hydrogen-bond acceptors (Lipinski definition) is 2. The van der Waals surface area contributed by atoms with Gasteiger partial charge in [0, 0.05) is 25.9 Å². The number of nitrogens with zero attached hydrogens (tertiary/aromatic N) is 1. The molecule has 2 nitrogen and oxygen atoms in total. The summed E-state index contributed by atoms with van der Waals surface area (Å²) in [6.07, 6.45) is 9.46. The van der Waals surface area contributed by atoms with E-state index in [1.165, 1.54) is 0 Å². The van der Waals surface area contributed by atoms with E-state index in [0.29, 0.717) is 5.71 Å². The maximum Gasteiger partial charge on any atom is 0.0626 e. The van der Waals surface area contributed by atoms with E-state index in [-0.39, 0.29) is 0 Å². The van der Waals surface area contributed by atoms with Gasteiger partial charge in [-0.25, -0.2) is 0 Å². The predicted octanol–water partition coefficient (Wildman–Crippen LogP) is 1.58. The van der Waals surface area contributed by atoms with Gasteiger partial charge in [-0.2, -0.15) is 0 Å². The molecule has 0 aromatic heterocycles. The van der Waals surface area contributed by atoms with Crippen molar-refractivity contribution in [2.24, 2.45) is 0 Å². The van der Waals surface area contributed by atoms with E-state index in [2.05, 4.69) is 0 Å². The molecule has 0 saturated heterocycles. The lowest BCUT2D eigenvalue weighted by molar-refractivity contribution is 0.562. The summed E-state index contributed by atoms with van der Waals surface area (Å²) in [7, 11) is 3.90. The Morgan fingerprint density at radius 2 is 1.91 bits per heavy atom. The average Bonchev–Trinajstić information content (AvgIpc) is 1.93. The fraction of sp³-hybridized carbons (Fsp3) is 0.222. The van der Waals surface area contributed by atoms with Gasteiger partial charge in [0.25, 0.3) is 0 Å². The first-order valence-electron chi connectivity index (χ1n) is 3.52. The van der Waals surface area contributed by atoms with Gasteiger partial charge in [-0.15, -0.1) is 0 Å². The maximum atomic E-state index is 7.51. The molecule has 1 aliphatic carbocycles. The summed E-state index contributed by atoms with van der Waals surface area (Å²) in [5.74, 6) is 0. The average molecular weight is 148 g/mol. The van der Waals surface area contributed by atoms with Crippen molar-refractivity contribution in [3.8, 4) is 0 Å². The molecule has 0 fully saturated rings. The topological polar surface area (TPSA) is 27.1 Å². The van der Waals surface area contributed by atoms with E-state index in [0.717, 1.165) is 5.57 Å². The molecule has 0 bridgehead atoms. The van der Waals surface area contributed by atoms with Crippen LogP contribution in [0, 0.1) is 5.41 Å². The highest BCUT2D eigenvalue weighted by Gasteiger charge is 2.00. The van der Waals surface area contributed by atoms with Crippen LogP contribution in [-0.4, -0.2) is 24.7 Å². The molecule has 0 spiro atoms. The monoisotopic (exact) mass is 148 g/mol. The van der Waals surface area contributed by atoms with Gasteiger partial charge in [0.2, 0.25) is 0 Å². The molecule has 11 heavy (non-hydrogen) atoms. The lowest BCUT2D eigenvalue weighted by Crippen LogP contribution is -2.07. The summed E-state index contributed by atoms with van der Waals surface area (Å²) < 4.78 is 0. The first-order chi connectivity index (χ1) is 5.20. The van der Waals surface area contributed by atoms with Crippen LogP contribution < -0.4 is 0 Å². The van der Waals surface area contributed by atoms with Crippen molar-refractivity contribution in [2.75, 3.05) is 14.1 Å². The van der Waals surface area contributed by atoms with Crippen molar-refractivity contribution in [2.45, 2.75) is 0 Å². The first kappa shape index (κ1) is 7.79. The van der Waals surface area contributed by atoms with Gasteiger partial charge >= 0.3 is 0 Å². The van der Waals surface area contributed by atoms with Crippen LogP contribution in [0.2, 0.25) is 0 Å². The number of rotatable bonds is 1. The molecule has 58 valence electrons. The van der Waals surface area contributed by atoms with Crippen molar-refractivity contribution in [3.63, 3.8) is 0 Å². The van der Waals surface area contributed by atoms with Crippen LogP contribution in [0.1, 0.15) is 0 Å². The highest BCUT2D eigenvalue weighted by atomic mass is 15.0. The Kier molecular flexibility index (Phi) is 2.26. The van der Waals surface area contributed by atoms with E-state index in [4.69, 9.17) is 5.41 Å². The molecule has 0 aromatic rings. The smallest absolute Gasteiger partial charge is 0.0626 e. The standard InChI is InChI=1S/C9H12N2/c1-11(2)7-8-5-3-4-6-9(8)10/h3-7,10H,1-2H3/b8-7+,10-9?. The van der Waals surface area contributed by atoms with Crippen LogP contribution in [-0.2, 0) is 0 Å². The van der Waals surface area contributed by atoms with Crippen molar-refractivity contribution in [3.05, 3.63) is 36.1 Å². The Labute approximate surface area is 67.0 Å². The lowest BCUT2D eigenvalue weighted by atomic mass is 10.1. The van der Waals surface area contributed by atoms with Gasteiger partial charge in [-0.1, -0.05) is 18.2 Å².